The van der Waals surface area contributed by atoms with Gasteiger partial charge in [-0.05, 0) is 36.1 Å². The van der Waals surface area contributed by atoms with Crippen LogP contribution >= 0.6 is 0 Å². The Morgan fingerprint density at radius 2 is 1.62 bits per heavy atom. The van der Waals surface area contributed by atoms with Crippen LogP contribution in [-0.2, 0) is 24.5 Å². The summed E-state index contributed by atoms with van der Waals surface area (Å²) in [5, 5.41) is 11.9. The van der Waals surface area contributed by atoms with Gasteiger partial charge in [0.15, 0.2) is 0 Å². The molecule has 0 heterocycles. The highest BCUT2D eigenvalue weighted by atomic mass is 16.3. The predicted octanol–water partition coefficient (Wildman–Crippen LogP) is 2.62. The summed E-state index contributed by atoms with van der Waals surface area (Å²) < 4.78 is 0. The first-order chi connectivity index (χ1) is 13.9. The van der Waals surface area contributed by atoms with Gasteiger partial charge in [0.1, 0.15) is 0 Å². The van der Waals surface area contributed by atoms with E-state index in [9.17, 15) is 4.79 Å². The van der Waals surface area contributed by atoms with Crippen LogP contribution in [-0.4, -0.2) is 17.2 Å². The summed E-state index contributed by atoms with van der Waals surface area (Å²) in [6.07, 6.45) is 2.71. The van der Waals surface area contributed by atoms with Crippen molar-refractivity contribution in [2.24, 2.45) is 16.5 Å². The van der Waals surface area contributed by atoms with E-state index >= 15 is 0 Å². The molecular formula is C23H28N4O2. The van der Waals surface area contributed by atoms with E-state index in [0.717, 1.165) is 33.5 Å². The maximum Gasteiger partial charge on any atom is 0.254 e. The van der Waals surface area contributed by atoms with Gasteiger partial charge in [-0.3, -0.25) is 9.79 Å². The van der Waals surface area contributed by atoms with Crippen molar-refractivity contribution in [2.45, 2.75) is 33.5 Å². The third-order valence-electron chi connectivity index (χ3n) is 4.41. The zero-order valence-electron chi connectivity index (χ0n) is 16.9. The molecule has 6 N–H and O–H groups in total. The van der Waals surface area contributed by atoms with Crippen LogP contribution in [0.4, 0.5) is 0 Å². The van der Waals surface area contributed by atoms with Crippen molar-refractivity contribution in [2.75, 3.05) is 0 Å². The Morgan fingerprint density at radius 3 is 2.17 bits per heavy atom. The van der Waals surface area contributed by atoms with E-state index in [0.29, 0.717) is 18.7 Å². The second-order valence-corrected chi connectivity index (χ2v) is 6.86. The quantitative estimate of drug-likeness (QED) is 0.408. The summed E-state index contributed by atoms with van der Waals surface area (Å²) in [7, 11) is 0. The van der Waals surface area contributed by atoms with Gasteiger partial charge in [0.05, 0.1) is 18.7 Å². The van der Waals surface area contributed by atoms with Crippen LogP contribution in [0.1, 0.15) is 36.1 Å². The molecule has 29 heavy (non-hydrogen) atoms. The van der Waals surface area contributed by atoms with E-state index in [1.807, 2.05) is 62.4 Å². The highest BCUT2D eigenvalue weighted by molar-refractivity contribution is 6.11. The lowest BCUT2D eigenvalue weighted by molar-refractivity contribution is -0.117. The van der Waals surface area contributed by atoms with Crippen LogP contribution in [0.2, 0.25) is 0 Å². The first kappa shape index (κ1) is 21.9. The molecule has 6 nitrogen and oxygen atoms in total. The van der Waals surface area contributed by atoms with Gasteiger partial charge in [0.2, 0.25) is 0 Å². The zero-order chi connectivity index (χ0) is 21.2. The number of benzene rings is 2. The Kier molecular flexibility index (Phi) is 8.18. The van der Waals surface area contributed by atoms with E-state index in [1.165, 1.54) is 12.4 Å². The minimum Gasteiger partial charge on any atom is -0.404 e. The third-order valence-corrected chi connectivity index (χ3v) is 4.41. The number of carbonyl (C=O) groups excluding carboxylic acids is 1. The fraction of sp³-hybridized carbons (Fsp3) is 0.217. The smallest absolute Gasteiger partial charge is 0.254 e. The highest BCUT2D eigenvalue weighted by Crippen LogP contribution is 2.14. The second-order valence-electron chi connectivity index (χ2n) is 6.86. The van der Waals surface area contributed by atoms with Gasteiger partial charge in [-0.1, -0.05) is 54.1 Å². The number of aliphatic hydroxyl groups is 1. The molecule has 0 aliphatic rings. The van der Waals surface area contributed by atoms with Gasteiger partial charge >= 0.3 is 0 Å². The summed E-state index contributed by atoms with van der Waals surface area (Å²) in [5.74, 6) is -0.292. The topological polar surface area (TPSA) is 114 Å². The molecule has 2 aromatic rings. The monoisotopic (exact) mass is 392 g/mol. The largest absolute Gasteiger partial charge is 0.404 e. The summed E-state index contributed by atoms with van der Waals surface area (Å²) in [5.41, 5.74) is 17.5. The lowest BCUT2D eigenvalue weighted by Crippen LogP contribution is -2.25. The molecular weight excluding hydrogens is 364 g/mol. The van der Waals surface area contributed by atoms with Crippen molar-refractivity contribution in [3.05, 3.63) is 88.1 Å². The number of nitrogens with one attached hydrogen (secondary N) is 1. The van der Waals surface area contributed by atoms with Crippen LogP contribution < -0.4 is 16.8 Å². The van der Waals surface area contributed by atoms with Gasteiger partial charge < -0.3 is 21.9 Å². The standard InChI is InChI=1S/C23H28N4O2/c1-16(2)22(25)20-9-7-18(8-10-20)13-27-23(29)21(11-24)14-26-12-17-3-5-19(15-28)6-4-17/h3-11,14,28H,12-13,15,24-25H2,1-2H3,(H,27,29)/b21-11+,26-14?. The molecule has 0 radical (unpaired) electrons. The van der Waals surface area contributed by atoms with Crippen LogP contribution in [0, 0.1) is 0 Å². The first-order valence-corrected chi connectivity index (χ1v) is 9.35. The van der Waals surface area contributed by atoms with E-state index in [1.54, 1.807) is 0 Å². The number of amides is 1. The molecule has 0 aliphatic carbocycles. The van der Waals surface area contributed by atoms with Gasteiger partial charge in [-0.2, -0.15) is 0 Å². The average molecular weight is 393 g/mol. The molecule has 0 atom stereocenters. The molecule has 2 aromatic carbocycles. The SMILES string of the molecule is CC(C)=C(N)c1ccc(CNC(=O)/C(C=NCc2ccc(CO)cc2)=C/N)cc1. The van der Waals surface area contributed by atoms with Gasteiger partial charge in [-0.25, -0.2) is 0 Å². The lowest BCUT2D eigenvalue weighted by atomic mass is 10.1. The fourth-order valence-electron chi connectivity index (χ4n) is 2.55. The molecule has 0 fully saturated rings. The number of carbonyl (C=O) groups is 1. The van der Waals surface area contributed by atoms with Crippen molar-refractivity contribution in [3.8, 4) is 0 Å². The first-order valence-electron chi connectivity index (χ1n) is 9.35. The number of nitrogens with zero attached hydrogens (tertiary/aromatic N) is 1. The molecule has 0 aromatic heterocycles. The predicted molar refractivity (Wildman–Crippen MR) is 118 cm³/mol. The van der Waals surface area contributed by atoms with E-state index in [2.05, 4.69) is 10.3 Å². The Bertz CT molecular complexity index is 907. The molecule has 1 amide bonds. The highest BCUT2D eigenvalue weighted by Gasteiger charge is 2.07. The number of allylic oxidation sites excluding steroid dienone is 1. The van der Waals surface area contributed by atoms with E-state index in [-0.39, 0.29) is 12.5 Å². The molecule has 0 spiro atoms. The maximum atomic E-state index is 12.3. The number of hydrogen-bond donors (Lipinski definition) is 4. The van der Waals surface area contributed by atoms with Gasteiger partial charge in [0.25, 0.3) is 5.91 Å². The van der Waals surface area contributed by atoms with Crippen molar-refractivity contribution in [1.82, 2.24) is 5.32 Å². The zero-order valence-corrected chi connectivity index (χ0v) is 16.9. The molecule has 0 aliphatic heterocycles. The molecule has 6 heteroatoms. The summed E-state index contributed by atoms with van der Waals surface area (Å²) in [6.45, 7) is 4.74. The Morgan fingerprint density at radius 1 is 1.03 bits per heavy atom. The van der Waals surface area contributed by atoms with Gasteiger partial charge in [0, 0.05) is 24.7 Å². The molecule has 0 saturated heterocycles. The number of aliphatic hydroxyl groups excluding tert-OH is 1. The molecule has 152 valence electrons. The van der Waals surface area contributed by atoms with Crippen LogP contribution in [0.25, 0.3) is 5.70 Å². The Balaban J connectivity index is 1.90. The van der Waals surface area contributed by atoms with Crippen molar-refractivity contribution in [3.63, 3.8) is 0 Å². The van der Waals surface area contributed by atoms with Crippen molar-refractivity contribution < 1.29 is 9.90 Å². The normalized spacial score (nSPS) is 11.5. The lowest BCUT2D eigenvalue weighted by Gasteiger charge is -2.08. The maximum absolute atomic E-state index is 12.3. The van der Waals surface area contributed by atoms with E-state index in [4.69, 9.17) is 16.6 Å². The van der Waals surface area contributed by atoms with E-state index < -0.39 is 0 Å². The van der Waals surface area contributed by atoms with Gasteiger partial charge in [-0.15, -0.1) is 0 Å². The van der Waals surface area contributed by atoms with Crippen LogP contribution in [0.15, 0.2) is 70.9 Å². The number of nitrogens with two attached hydrogens (primary N) is 2. The molecule has 0 saturated carbocycles. The average Bonchev–Trinajstić information content (AvgIpc) is 2.75. The number of aliphatic imine (C=N–C) groups is 1. The molecule has 2 rings (SSSR count). The van der Waals surface area contributed by atoms with Crippen molar-refractivity contribution in [1.29, 1.82) is 0 Å². The number of hydrogen-bond acceptors (Lipinski definition) is 5. The third kappa shape index (κ3) is 6.62. The second kappa shape index (κ2) is 10.8. The Labute approximate surface area is 171 Å². The molecule has 0 unspecified atom stereocenters. The Hall–Kier alpha value is -3.38. The summed E-state index contributed by atoms with van der Waals surface area (Å²) >= 11 is 0. The minimum absolute atomic E-state index is 0.00877. The minimum atomic E-state index is -0.292. The summed E-state index contributed by atoms with van der Waals surface area (Å²) in [4.78, 5) is 16.6. The van der Waals surface area contributed by atoms with Crippen molar-refractivity contribution >= 4 is 17.8 Å². The number of rotatable bonds is 8. The molecule has 0 bridgehead atoms. The fourth-order valence-corrected chi connectivity index (χ4v) is 2.55. The van der Waals surface area contributed by atoms with Crippen LogP contribution in [0.3, 0.4) is 0 Å². The summed E-state index contributed by atoms with van der Waals surface area (Å²) in [6, 6.07) is 15.2. The van der Waals surface area contributed by atoms with Crippen LogP contribution in [0.5, 0.6) is 0 Å².